The van der Waals surface area contributed by atoms with E-state index in [0.29, 0.717) is 22.9 Å². The summed E-state index contributed by atoms with van der Waals surface area (Å²) in [7, 11) is 3.26. The van der Waals surface area contributed by atoms with Gasteiger partial charge in [0.1, 0.15) is 5.75 Å². The normalized spacial score (nSPS) is 10.6. The number of aryl methyl sites for hydroxylation is 1. The zero-order valence-electron chi connectivity index (χ0n) is 13.6. The van der Waals surface area contributed by atoms with Crippen LogP contribution < -0.4 is 15.6 Å². The molecule has 1 N–H and O–H groups in total. The van der Waals surface area contributed by atoms with Crippen LogP contribution in [-0.4, -0.2) is 17.6 Å². The molecule has 0 saturated carbocycles. The number of aromatic nitrogens is 1. The number of benzene rings is 2. The lowest BCUT2D eigenvalue weighted by atomic mass is 10.1. The molecule has 1 aromatic heterocycles. The van der Waals surface area contributed by atoms with Crippen LogP contribution in [0.2, 0.25) is 0 Å². The average Bonchev–Trinajstić information content (AvgIpc) is 2.63. The molecular weight excluding hydrogens is 304 g/mol. The van der Waals surface area contributed by atoms with Crippen molar-refractivity contribution in [2.24, 2.45) is 7.05 Å². The Morgan fingerprint density at radius 2 is 1.75 bits per heavy atom. The van der Waals surface area contributed by atoms with E-state index < -0.39 is 0 Å². The van der Waals surface area contributed by atoms with Crippen LogP contribution in [0, 0.1) is 0 Å². The van der Waals surface area contributed by atoms with Gasteiger partial charge in [-0.1, -0.05) is 30.3 Å². The first kappa shape index (κ1) is 15.8. The molecule has 0 aliphatic heterocycles. The Morgan fingerprint density at radius 1 is 1.08 bits per heavy atom. The summed E-state index contributed by atoms with van der Waals surface area (Å²) in [5.74, 6) is 0.562. The first-order valence-electron chi connectivity index (χ1n) is 7.59. The minimum atomic E-state index is -0.211. The third-order valence-electron chi connectivity index (χ3n) is 3.95. The van der Waals surface area contributed by atoms with E-state index in [1.54, 1.807) is 38.6 Å². The van der Waals surface area contributed by atoms with Gasteiger partial charge < -0.3 is 14.6 Å². The fourth-order valence-electron chi connectivity index (χ4n) is 2.62. The number of ether oxygens (including phenoxy) is 1. The average molecular weight is 322 g/mol. The summed E-state index contributed by atoms with van der Waals surface area (Å²) in [6.07, 6.45) is 1.58. The SMILES string of the molecule is COc1ccc(CNC(=O)c2cn(C)c(=O)c3ccccc23)cc1. The van der Waals surface area contributed by atoms with E-state index in [9.17, 15) is 9.59 Å². The highest BCUT2D eigenvalue weighted by Gasteiger charge is 2.13. The highest BCUT2D eigenvalue weighted by atomic mass is 16.5. The molecule has 3 rings (SSSR count). The van der Waals surface area contributed by atoms with Crippen LogP contribution in [0.25, 0.3) is 10.8 Å². The molecule has 122 valence electrons. The molecule has 2 aromatic carbocycles. The monoisotopic (exact) mass is 322 g/mol. The number of amides is 1. The quantitative estimate of drug-likeness (QED) is 0.803. The van der Waals surface area contributed by atoms with Crippen molar-refractivity contribution in [3.05, 3.63) is 76.2 Å². The number of nitrogens with zero attached hydrogens (tertiary/aromatic N) is 1. The summed E-state index contributed by atoms with van der Waals surface area (Å²) in [5, 5.41) is 4.10. The molecule has 0 atom stereocenters. The summed E-state index contributed by atoms with van der Waals surface area (Å²) in [6, 6.07) is 14.6. The Kier molecular flexibility index (Phi) is 4.33. The Labute approximate surface area is 139 Å². The Bertz CT molecular complexity index is 943. The maximum Gasteiger partial charge on any atom is 0.258 e. The molecule has 0 aliphatic carbocycles. The van der Waals surface area contributed by atoms with E-state index in [2.05, 4.69) is 5.32 Å². The van der Waals surface area contributed by atoms with Crippen molar-refractivity contribution in [3.63, 3.8) is 0 Å². The zero-order valence-corrected chi connectivity index (χ0v) is 13.6. The van der Waals surface area contributed by atoms with Gasteiger partial charge in [-0.25, -0.2) is 0 Å². The largest absolute Gasteiger partial charge is 0.497 e. The van der Waals surface area contributed by atoms with Crippen molar-refractivity contribution in [2.45, 2.75) is 6.54 Å². The minimum absolute atomic E-state index is 0.114. The molecule has 0 spiro atoms. The van der Waals surface area contributed by atoms with E-state index in [4.69, 9.17) is 4.74 Å². The van der Waals surface area contributed by atoms with Crippen molar-refractivity contribution < 1.29 is 9.53 Å². The Morgan fingerprint density at radius 3 is 2.42 bits per heavy atom. The van der Waals surface area contributed by atoms with Gasteiger partial charge in [0.2, 0.25) is 0 Å². The van der Waals surface area contributed by atoms with E-state index in [1.807, 2.05) is 30.3 Å². The van der Waals surface area contributed by atoms with Gasteiger partial charge in [0.05, 0.1) is 12.7 Å². The van der Waals surface area contributed by atoms with Crippen molar-refractivity contribution in [3.8, 4) is 5.75 Å². The summed E-state index contributed by atoms with van der Waals surface area (Å²) < 4.78 is 6.55. The molecule has 0 aliphatic rings. The van der Waals surface area contributed by atoms with Gasteiger partial charge in [-0.15, -0.1) is 0 Å². The van der Waals surface area contributed by atoms with Crippen molar-refractivity contribution in [1.29, 1.82) is 0 Å². The number of hydrogen-bond donors (Lipinski definition) is 1. The van der Waals surface area contributed by atoms with Crippen LogP contribution >= 0.6 is 0 Å². The third-order valence-corrected chi connectivity index (χ3v) is 3.95. The topological polar surface area (TPSA) is 60.3 Å². The molecule has 0 unspecified atom stereocenters. The number of fused-ring (bicyclic) bond motifs is 1. The number of hydrogen-bond acceptors (Lipinski definition) is 3. The first-order chi connectivity index (χ1) is 11.6. The Balaban J connectivity index is 1.86. The fraction of sp³-hybridized carbons (Fsp3) is 0.158. The molecule has 5 heteroatoms. The fourth-order valence-corrected chi connectivity index (χ4v) is 2.62. The minimum Gasteiger partial charge on any atom is -0.497 e. The molecule has 24 heavy (non-hydrogen) atoms. The second kappa shape index (κ2) is 6.58. The number of rotatable bonds is 4. The predicted molar refractivity (Wildman–Crippen MR) is 93.4 cm³/mol. The van der Waals surface area contributed by atoms with E-state index in [-0.39, 0.29) is 11.5 Å². The molecular formula is C19H18N2O3. The van der Waals surface area contributed by atoms with Crippen molar-refractivity contribution in [2.75, 3.05) is 7.11 Å². The van der Waals surface area contributed by atoms with Crippen molar-refractivity contribution >= 4 is 16.7 Å². The van der Waals surface area contributed by atoms with Crippen LogP contribution in [-0.2, 0) is 13.6 Å². The molecule has 1 amide bonds. The molecule has 0 saturated heterocycles. The van der Waals surface area contributed by atoms with Crippen LogP contribution in [0.1, 0.15) is 15.9 Å². The molecule has 5 nitrogen and oxygen atoms in total. The second-order valence-electron chi connectivity index (χ2n) is 5.54. The lowest BCUT2D eigenvalue weighted by Crippen LogP contribution is -2.26. The van der Waals surface area contributed by atoms with Crippen molar-refractivity contribution in [1.82, 2.24) is 9.88 Å². The molecule has 1 heterocycles. The van der Waals surface area contributed by atoms with Gasteiger partial charge in [-0.3, -0.25) is 9.59 Å². The van der Waals surface area contributed by atoms with E-state index in [0.717, 1.165) is 11.3 Å². The third kappa shape index (κ3) is 3.01. The second-order valence-corrected chi connectivity index (χ2v) is 5.54. The zero-order chi connectivity index (χ0) is 17.1. The molecule has 0 radical (unpaired) electrons. The standard InChI is InChI=1S/C19H18N2O3/c1-21-12-17(15-5-3-4-6-16(15)19(21)23)18(22)20-11-13-7-9-14(24-2)10-8-13/h3-10,12H,11H2,1-2H3,(H,20,22). The molecule has 3 aromatic rings. The maximum absolute atomic E-state index is 12.6. The van der Waals surface area contributed by atoms with Gasteiger partial charge >= 0.3 is 0 Å². The highest BCUT2D eigenvalue weighted by molar-refractivity contribution is 6.06. The number of nitrogens with one attached hydrogen (secondary N) is 1. The summed E-state index contributed by atoms with van der Waals surface area (Å²) in [4.78, 5) is 24.7. The predicted octanol–water partition coefficient (Wildman–Crippen LogP) is 2.48. The number of methoxy groups -OCH3 is 1. The molecule has 0 bridgehead atoms. The summed E-state index contributed by atoms with van der Waals surface area (Å²) in [5.41, 5.74) is 1.34. The van der Waals surface area contributed by atoms with Crippen LogP contribution in [0.15, 0.2) is 59.5 Å². The lowest BCUT2D eigenvalue weighted by molar-refractivity contribution is 0.0952. The van der Waals surface area contributed by atoms with Gasteiger partial charge in [-0.2, -0.15) is 0 Å². The van der Waals surface area contributed by atoms with Crippen LogP contribution in [0.3, 0.4) is 0 Å². The molecule has 0 fully saturated rings. The van der Waals surface area contributed by atoms with Crippen LogP contribution in [0.5, 0.6) is 5.75 Å². The highest BCUT2D eigenvalue weighted by Crippen LogP contribution is 2.16. The Hall–Kier alpha value is -3.08. The van der Waals surface area contributed by atoms with Gasteiger partial charge in [0, 0.05) is 30.6 Å². The van der Waals surface area contributed by atoms with Gasteiger partial charge in [0.15, 0.2) is 0 Å². The maximum atomic E-state index is 12.6. The first-order valence-corrected chi connectivity index (χ1v) is 7.59. The van der Waals surface area contributed by atoms with Crippen LogP contribution in [0.4, 0.5) is 0 Å². The smallest absolute Gasteiger partial charge is 0.258 e. The number of carbonyl (C=O) groups excluding carboxylic acids is 1. The summed E-state index contributed by atoms with van der Waals surface area (Å²) in [6.45, 7) is 0.403. The summed E-state index contributed by atoms with van der Waals surface area (Å²) >= 11 is 0. The number of pyridine rings is 1. The lowest BCUT2D eigenvalue weighted by Gasteiger charge is -2.10. The van der Waals surface area contributed by atoms with Gasteiger partial charge in [0.25, 0.3) is 11.5 Å². The van der Waals surface area contributed by atoms with Gasteiger partial charge in [-0.05, 0) is 23.8 Å². The van der Waals surface area contributed by atoms with E-state index >= 15 is 0 Å². The van der Waals surface area contributed by atoms with E-state index in [1.165, 1.54) is 4.57 Å². The number of carbonyl (C=O) groups is 1.